The normalized spacial score (nSPS) is 13.8. The van der Waals surface area contributed by atoms with Crippen molar-refractivity contribution in [3.63, 3.8) is 0 Å². The highest BCUT2D eigenvalue weighted by Crippen LogP contribution is 1.68. The molecule has 0 bridgehead atoms. The highest BCUT2D eigenvalue weighted by Gasteiger charge is 1.91. The predicted molar refractivity (Wildman–Crippen MR) is 37.9 cm³/mol. The third-order valence-electron chi connectivity index (χ3n) is 0.721. The van der Waals surface area contributed by atoms with Crippen molar-refractivity contribution in [2.45, 2.75) is 0 Å². The molecule has 0 saturated carbocycles. The summed E-state index contributed by atoms with van der Waals surface area (Å²) in [6.07, 6.45) is 0. The van der Waals surface area contributed by atoms with Gasteiger partial charge in [-0.25, -0.2) is 0 Å². The van der Waals surface area contributed by atoms with Crippen molar-refractivity contribution in [3.8, 4) is 0 Å². The van der Waals surface area contributed by atoms with Gasteiger partial charge in [0.2, 0.25) is 0 Å². The molecule has 1 saturated heterocycles. The first kappa shape index (κ1) is 9.84. The van der Waals surface area contributed by atoms with Crippen molar-refractivity contribution >= 4 is 0 Å². The minimum Gasteiger partial charge on any atom is -0.394 e. The van der Waals surface area contributed by atoms with Gasteiger partial charge < -0.3 is 20.3 Å². The SMILES string of the molecule is C1CN1.OCCOCCO. The van der Waals surface area contributed by atoms with Gasteiger partial charge in [0.05, 0.1) is 26.4 Å². The first-order chi connectivity index (χ1) is 4.91. The Kier molecular flexibility index (Phi) is 8.70. The van der Waals surface area contributed by atoms with E-state index < -0.39 is 0 Å². The number of hydrogen-bond acceptors (Lipinski definition) is 4. The first-order valence-electron chi connectivity index (χ1n) is 3.42. The minimum absolute atomic E-state index is 0.0278. The van der Waals surface area contributed by atoms with Gasteiger partial charge in [0, 0.05) is 13.1 Å². The molecule has 1 fully saturated rings. The van der Waals surface area contributed by atoms with E-state index >= 15 is 0 Å². The first-order valence-corrected chi connectivity index (χ1v) is 3.42. The van der Waals surface area contributed by atoms with Crippen LogP contribution in [0.2, 0.25) is 0 Å². The molecule has 0 atom stereocenters. The van der Waals surface area contributed by atoms with E-state index in [1.807, 2.05) is 0 Å². The molecule has 0 aromatic rings. The quantitative estimate of drug-likeness (QED) is 0.339. The zero-order valence-corrected chi connectivity index (χ0v) is 6.05. The predicted octanol–water partition coefficient (Wildman–Crippen LogP) is -1.42. The van der Waals surface area contributed by atoms with Gasteiger partial charge in [0.15, 0.2) is 0 Å². The van der Waals surface area contributed by atoms with Crippen molar-refractivity contribution in [2.75, 3.05) is 39.5 Å². The summed E-state index contributed by atoms with van der Waals surface area (Å²) in [6.45, 7) is 3.20. The Morgan fingerprint density at radius 2 is 1.50 bits per heavy atom. The van der Waals surface area contributed by atoms with Crippen LogP contribution in [0, 0.1) is 0 Å². The van der Waals surface area contributed by atoms with Crippen LogP contribution in [0.15, 0.2) is 0 Å². The van der Waals surface area contributed by atoms with E-state index in [1.165, 1.54) is 13.1 Å². The van der Waals surface area contributed by atoms with Gasteiger partial charge in [-0.3, -0.25) is 0 Å². The van der Waals surface area contributed by atoms with Gasteiger partial charge in [-0.1, -0.05) is 0 Å². The molecule has 4 heteroatoms. The van der Waals surface area contributed by atoms with Crippen LogP contribution in [0.4, 0.5) is 0 Å². The molecule has 0 aromatic carbocycles. The van der Waals surface area contributed by atoms with Crippen molar-refractivity contribution in [1.29, 1.82) is 0 Å². The molecule has 3 N–H and O–H groups in total. The molecular weight excluding hydrogens is 134 g/mol. The standard InChI is InChI=1S/C4H10O3.C2H5N/c5-1-3-7-4-2-6;1-2-3-1/h5-6H,1-4H2;3H,1-2H2. The minimum atomic E-state index is 0.0278. The maximum Gasteiger partial charge on any atom is 0.0698 e. The van der Waals surface area contributed by atoms with Crippen molar-refractivity contribution in [1.82, 2.24) is 5.32 Å². The van der Waals surface area contributed by atoms with E-state index in [1.54, 1.807) is 0 Å². The molecule has 10 heavy (non-hydrogen) atoms. The molecule has 0 amide bonds. The summed E-state index contributed by atoms with van der Waals surface area (Å²) in [7, 11) is 0. The van der Waals surface area contributed by atoms with Gasteiger partial charge in [-0.2, -0.15) is 0 Å². The molecular formula is C6H15NO3. The Hall–Kier alpha value is -0.160. The van der Waals surface area contributed by atoms with Crippen LogP contribution in [0.25, 0.3) is 0 Å². The fourth-order valence-corrected chi connectivity index (χ4v) is 0.231. The van der Waals surface area contributed by atoms with Crippen LogP contribution >= 0.6 is 0 Å². The maximum absolute atomic E-state index is 8.09. The van der Waals surface area contributed by atoms with Gasteiger partial charge in [-0.15, -0.1) is 0 Å². The van der Waals surface area contributed by atoms with Crippen molar-refractivity contribution in [3.05, 3.63) is 0 Å². The molecule has 4 nitrogen and oxygen atoms in total. The van der Waals surface area contributed by atoms with Gasteiger partial charge >= 0.3 is 0 Å². The third-order valence-corrected chi connectivity index (χ3v) is 0.721. The lowest BCUT2D eigenvalue weighted by Crippen LogP contribution is -2.03. The summed E-state index contributed by atoms with van der Waals surface area (Å²) in [6, 6.07) is 0. The number of nitrogens with one attached hydrogen (secondary N) is 1. The van der Waals surface area contributed by atoms with Gasteiger partial charge in [-0.05, 0) is 0 Å². The molecule has 1 rings (SSSR count). The van der Waals surface area contributed by atoms with E-state index in [2.05, 4.69) is 10.1 Å². The fraction of sp³-hybridized carbons (Fsp3) is 1.00. The zero-order chi connectivity index (χ0) is 7.66. The van der Waals surface area contributed by atoms with E-state index in [0.29, 0.717) is 13.2 Å². The van der Waals surface area contributed by atoms with Crippen molar-refractivity contribution < 1.29 is 14.9 Å². The summed E-state index contributed by atoms with van der Waals surface area (Å²) < 4.78 is 4.63. The average Bonchev–Trinajstić information content (AvgIpc) is 2.73. The van der Waals surface area contributed by atoms with E-state index in [9.17, 15) is 0 Å². The monoisotopic (exact) mass is 149 g/mol. The lowest BCUT2D eigenvalue weighted by atomic mass is 10.7. The van der Waals surface area contributed by atoms with E-state index in [-0.39, 0.29) is 13.2 Å². The lowest BCUT2D eigenvalue weighted by molar-refractivity contribution is 0.0650. The Morgan fingerprint density at radius 3 is 1.70 bits per heavy atom. The molecule has 0 radical (unpaired) electrons. The van der Waals surface area contributed by atoms with Crippen LogP contribution in [-0.4, -0.2) is 49.7 Å². The number of aliphatic hydroxyl groups excluding tert-OH is 2. The average molecular weight is 149 g/mol. The molecule has 1 aliphatic heterocycles. The summed E-state index contributed by atoms with van der Waals surface area (Å²) in [4.78, 5) is 0. The zero-order valence-electron chi connectivity index (χ0n) is 6.05. The molecule has 0 unspecified atom stereocenters. The van der Waals surface area contributed by atoms with Crippen molar-refractivity contribution in [2.24, 2.45) is 0 Å². The largest absolute Gasteiger partial charge is 0.394 e. The highest BCUT2D eigenvalue weighted by atomic mass is 16.5. The molecule has 0 spiro atoms. The summed E-state index contributed by atoms with van der Waals surface area (Å²) in [5, 5.41) is 19.2. The molecule has 62 valence electrons. The van der Waals surface area contributed by atoms with Gasteiger partial charge in [0.25, 0.3) is 0 Å². The number of rotatable bonds is 4. The third kappa shape index (κ3) is 15.7. The highest BCUT2D eigenvalue weighted by molar-refractivity contribution is 4.58. The van der Waals surface area contributed by atoms with E-state index in [0.717, 1.165) is 0 Å². The number of aliphatic hydroxyl groups is 2. The second-order valence-corrected chi connectivity index (χ2v) is 1.81. The Morgan fingerprint density at radius 1 is 1.10 bits per heavy atom. The second kappa shape index (κ2) is 8.84. The summed E-state index contributed by atoms with van der Waals surface area (Å²) in [5.74, 6) is 0. The number of ether oxygens (including phenoxy) is 1. The Balaban J connectivity index is 0.000000219. The topological polar surface area (TPSA) is 71.6 Å². The van der Waals surface area contributed by atoms with Crippen LogP contribution in [0.1, 0.15) is 0 Å². The lowest BCUT2D eigenvalue weighted by Gasteiger charge is -1.94. The summed E-state index contributed by atoms with van der Waals surface area (Å²) >= 11 is 0. The molecule has 0 aliphatic carbocycles. The van der Waals surface area contributed by atoms with Crippen LogP contribution < -0.4 is 5.32 Å². The number of hydrogen-bond donors (Lipinski definition) is 3. The Labute approximate surface area is 60.8 Å². The second-order valence-electron chi connectivity index (χ2n) is 1.81. The molecule has 1 heterocycles. The summed E-state index contributed by atoms with van der Waals surface area (Å²) in [5.41, 5.74) is 0. The fourth-order valence-electron chi connectivity index (χ4n) is 0.231. The van der Waals surface area contributed by atoms with Crippen LogP contribution in [-0.2, 0) is 4.74 Å². The molecule has 1 aliphatic rings. The Bertz CT molecular complexity index is 52.2. The van der Waals surface area contributed by atoms with Crippen LogP contribution in [0.5, 0.6) is 0 Å². The smallest absolute Gasteiger partial charge is 0.0698 e. The molecule has 0 aromatic heterocycles. The maximum atomic E-state index is 8.09. The van der Waals surface area contributed by atoms with Crippen LogP contribution in [0.3, 0.4) is 0 Å². The van der Waals surface area contributed by atoms with Gasteiger partial charge in [0.1, 0.15) is 0 Å². The van der Waals surface area contributed by atoms with E-state index in [4.69, 9.17) is 10.2 Å².